The molecule has 0 aliphatic carbocycles. The van der Waals surface area contributed by atoms with E-state index in [9.17, 15) is 4.39 Å². The number of ether oxygens (including phenoxy) is 1. The van der Waals surface area contributed by atoms with Crippen LogP contribution in [0, 0.1) is 18.6 Å². The van der Waals surface area contributed by atoms with Crippen molar-refractivity contribution in [3.05, 3.63) is 95.3 Å². The number of aromatic amines is 1. The zero-order valence-electron chi connectivity index (χ0n) is 17.6. The van der Waals surface area contributed by atoms with Gasteiger partial charge in [0.05, 0.1) is 5.39 Å². The second-order valence-electron chi connectivity index (χ2n) is 7.76. The number of benzene rings is 2. The summed E-state index contributed by atoms with van der Waals surface area (Å²) in [7, 11) is 0. The Bertz CT molecular complexity index is 1430. The summed E-state index contributed by atoms with van der Waals surface area (Å²) in [6.07, 6.45) is 5.01. The van der Waals surface area contributed by atoms with Crippen LogP contribution in [0.25, 0.3) is 16.7 Å². The summed E-state index contributed by atoms with van der Waals surface area (Å²) in [6.45, 7) is 1.91. The van der Waals surface area contributed by atoms with Gasteiger partial charge in [-0.15, -0.1) is 0 Å². The predicted molar refractivity (Wildman–Crippen MR) is 122 cm³/mol. The van der Waals surface area contributed by atoms with Gasteiger partial charge in [-0.25, -0.2) is 18.8 Å². The van der Waals surface area contributed by atoms with E-state index in [-0.39, 0.29) is 17.5 Å². The third-order valence-electron chi connectivity index (χ3n) is 5.43. The van der Waals surface area contributed by atoms with Gasteiger partial charge in [0.25, 0.3) is 0 Å². The van der Waals surface area contributed by atoms with Crippen LogP contribution in [0.5, 0.6) is 11.5 Å². The van der Waals surface area contributed by atoms with Crippen molar-refractivity contribution in [2.24, 2.45) is 16.5 Å². The number of guanidine groups is 1. The number of aliphatic imine (C=N–C) groups is 1. The van der Waals surface area contributed by atoms with Gasteiger partial charge in [-0.2, -0.15) is 0 Å². The Labute approximate surface area is 187 Å². The van der Waals surface area contributed by atoms with Crippen molar-refractivity contribution in [3.63, 3.8) is 0 Å². The zero-order valence-corrected chi connectivity index (χ0v) is 17.6. The molecule has 0 spiro atoms. The predicted octanol–water partition coefficient (Wildman–Crippen LogP) is 4.01. The van der Waals surface area contributed by atoms with Crippen molar-refractivity contribution in [2.45, 2.75) is 12.6 Å². The van der Waals surface area contributed by atoms with Crippen LogP contribution >= 0.6 is 0 Å². The first-order chi connectivity index (χ1) is 15.8. The lowest BCUT2D eigenvalue weighted by Gasteiger charge is -2.29. The molecular weight excluding hydrogens is 426 g/mol. The second kappa shape index (κ2) is 7.72. The maximum absolute atomic E-state index is 15.1. The molecule has 1 aliphatic rings. The molecule has 0 fully saturated rings. The molecule has 9 heteroatoms. The molecule has 6 N–H and O–H groups in total. The molecule has 1 unspecified atom stereocenters. The van der Waals surface area contributed by atoms with Gasteiger partial charge in [0.2, 0.25) is 0 Å². The maximum atomic E-state index is 15.1. The number of hydrogen-bond donors (Lipinski definition) is 4. The molecule has 7 nitrogen and oxygen atoms in total. The number of aryl methyl sites for hydroxylation is 1. The highest BCUT2D eigenvalue weighted by Gasteiger charge is 2.30. The quantitative estimate of drug-likeness (QED) is 0.378. The highest BCUT2D eigenvalue weighted by atomic mass is 19.1. The summed E-state index contributed by atoms with van der Waals surface area (Å²) in [6, 6.07) is 11.9. The van der Waals surface area contributed by atoms with Crippen LogP contribution in [0.15, 0.2) is 72.0 Å². The zero-order chi connectivity index (χ0) is 23.2. The molecule has 3 heterocycles. The topological polar surface area (TPSA) is 114 Å². The molecule has 166 valence electrons. The molecule has 2 aromatic carbocycles. The lowest BCUT2D eigenvalue weighted by Crippen LogP contribution is -2.44. The first kappa shape index (κ1) is 20.7. The number of rotatable bonds is 4. The van der Waals surface area contributed by atoms with Crippen LogP contribution in [0.3, 0.4) is 0 Å². The van der Waals surface area contributed by atoms with Crippen LogP contribution in [-0.4, -0.2) is 15.9 Å². The van der Waals surface area contributed by atoms with E-state index in [0.29, 0.717) is 28.2 Å². The number of nitrogens with zero attached hydrogens (tertiary/aromatic N) is 2. The van der Waals surface area contributed by atoms with E-state index in [1.807, 2.05) is 13.1 Å². The van der Waals surface area contributed by atoms with Gasteiger partial charge >= 0.3 is 0 Å². The van der Waals surface area contributed by atoms with E-state index in [4.69, 9.17) is 16.2 Å². The van der Waals surface area contributed by atoms with E-state index >= 15 is 4.39 Å². The van der Waals surface area contributed by atoms with Crippen LogP contribution in [0.4, 0.5) is 8.78 Å². The molecule has 0 radical (unpaired) electrons. The van der Waals surface area contributed by atoms with Crippen molar-refractivity contribution in [1.29, 1.82) is 0 Å². The third-order valence-corrected chi connectivity index (χ3v) is 5.43. The van der Waals surface area contributed by atoms with E-state index in [0.717, 1.165) is 10.9 Å². The molecule has 5 rings (SSSR count). The number of nitrogens with one attached hydrogen (secondary N) is 2. The Kier molecular flexibility index (Phi) is 4.83. The molecule has 2 aromatic heterocycles. The van der Waals surface area contributed by atoms with Crippen LogP contribution < -0.4 is 21.5 Å². The van der Waals surface area contributed by atoms with Crippen molar-refractivity contribution in [3.8, 4) is 11.5 Å². The van der Waals surface area contributed by atoms with Gasteiger partial charge in [-0.3, -0.25) is 5.73 Å². The second-order valence-corrected chi connectivity index (χ2v) is 7.76. The number of aromatic nitrogens is 2. The van der Waals surface area contributed by atoms with Gasteiger partial charge in [0.15, 0.2) is 23.2 Å². The van der Waals surface area contributed by atoms with E-state index < -0.39 is 11.5 Å². The number of nitrogens with two attached hydrogens (primary N) is 2. The van der Waals surface area contributed by atoms with Crippen molar-refractivity contribution >= 4 is 22.7 Å². The molecule has 1 atom stereocenters. The molecule has 4 aromatic rings. The molecule has 0 saturated carbocycles. The molecule has 0 bridgehead atoms. The lowest BCUT2D eigenvalue weighted by atomic mass is 9.96. The highest BCUT2D eigenvalue weighted by Crippen LogP contribution is 2.35. The first-order valence-electron chi connectivity index (χ1n) is 10.1. The highest BCUT2D eigenvalue weighted by molar-refractivity contribution is 5.91. The average Bonchev–Trinajstić information content (AvgIpc) is 3.17. The Morgan fingerprint density at radius 2 is 1.82 bits per heavy atom. The number of pyridine rings is 1. The number of halogens is 2. The van der Waals surface area contributed by atoms with E-state index in [1.165, 1.54) is 24.3 Å². The van der Waals surface area contributed by atoms with Crippen molar-refractivity contribution in [2.75, 3.05) is 0 Å². The largest absolute Gasteiger partial charge is 0.453 e. The van der Waals surface area contributed by atoms with Crippen molar-refractivity contribution in [1.82, 2.24) is 15.3 Å². The summed E-state index contributed by atoms with van der Waals surface area (Å²) in [5.74, 6) is -0.406. The average molecular weight is 446 g/mol. The number of H-pyrrole nitrogens is 1. The maximum Gasteiger partial charge on any atom is 0.195 e. The Morgan fingerprint density at radius 3 is 2.58 bits per heavy atom. The SMILES string of the molecule is Cc1c[nH]c2nccc(Oc3ccc(C4(N)C=C(c5ccc(F)cc5)NC(N)=N4)cc3F)c12. The lowest BCUT2D eigenvalue weighted by molar-refractivity contribution is 0.443. The number of hydrogen-bond acceptors (Lipinski definition) is 6. The third kappa shape index (κ3) is 3.79. The van der Waals surface area contributed by atoms with Crippen molar-refractivity contribution < 1.29 is 13.5 Å². The Balaban J connectivity index is 1.49. The Hall–Kier alpha value is -4.24. The van der Waals surface area contributed by atoms with Crippen LogP contribution in [-0.2, 0) is 5.66 Å². The standard InChI is InChI=1S/C24H20F2N6O/c1-13-12-30-22-21(13)20(8-9-29-22)33-19-7-4-15(10-17(19)26)24(28)11-18(31-23(27)32-24)14-2-5-16(25)6-3-14/h2-12H,28H2,1H3,(H,29,30)(H3,27,31,32). The summed E-state index contributed by atoms with van der Waals surface area (Å²) in [4.78, 5) is 11.6. The summed E-state index contributed by atoms with van der Waals surface area (Å²) in [5.41, 5.74) is 14.2. The molecule has 33 heavy (non-hydrogen) atoms. The molecule has 0 amide bonds. The van der Waals surface area contributed by atoms with Crippen LogP contribution in [0.2, 0.25) is 0 Å². The number of fused-ring (bicyclic) bond motifs is 1. The minimum atomic E-state index is -1.43. The normalized spacial score (nSPS) is 17.9. The smallest absolute Gasteiger partial charge is 0.195 e. The van der Waals surface area contributed by atoms with Gasteiger partial charge < -0.3 is 20.8 Å². The van der Waals surface area contributed by atoms with Gasteiger partial charge in [-0.1, -0.05) is 6.07 Å². The summed E-state index contributed by atoms with van der Waals surface area (Å²) in [5, 5.41) is 3.69. The fourth-order valence-electron chi connectivity index (χ4n) is 3.81. The molecule has 0 saturated heterocycles. The first-order valence-corrected chi connectivity index (χ1v) is 10.1. The summed E-state index contributed by atoms with van der Waals surface area (Å²) >= 11 is 0. The molecule has 1 aliphatic heterocycles. The molecular formula is C24H20F2N6O. The van der Waals surface area contributed by atoms with E-state index in [1.54, 1.807) is 36.5 Å². The minimum absolute atomic E-state index is 0.0315. The van der Waals surface area contributed by atoms with Crippen LogP contribution in [0.1, 0.15) is 16.7 Å². The Morgan fingerprint density at radius 1 is 1.03 bits per heavy atom. The monoisotopic (exact) mass is 446 g/mol. The van der Waals surface area contributed by atoms with E-state index in [2.05, 4.69) is 20.3 Å². The van der Waals surface area contributed by atoms with Gasteiger partial charge in [0.1, 0.15) is 17.2 Å². The fourth-order valence-corrected chi connectivity index (χ4v) is 3.81. The fraction of sp³-hybridized carbons (Fsp3) is 0.0833. The summed E-state index contributed by atoms with van der Waals surface area (Å²) < 4.78 is 34.3. The minimum Gasteiger partial charge on any atom is -0.453 e. The van der Waals surface area contributed by atoms with Gasteiger partial charge in [-0.05, 0) is 66.6 Å². The van der Waals surface area contributed by atoms with Gasteiger partial charge in [0, 0.05) is 23.7 Å².